The van der Waals surface area contributed by atoms with Gasteiger partial charge in [0, 0.05) is 19.7 Å². The van der Waals surface area contributed by atoms with E-state index >= 15 is 0 Å². The first-order valence-electron chi connectivity index (χ1n) is 6.44. The zero-order valence-electron chi connectivity index (χ0n) is 11.9. The first-order valence-corrected chi connectivity index (χ1v) is 6.44. The monoisotopic (exact) mass is 297 g/mol. The third-order valence-electron chi connectivity index (χ3n) is 2.77. The number of carboxylic acids is 1. The molecule has 0 spiro atoms. The van der Waals surface area contributed by atoms with Crippen molar-refractivity contribution < 1.29 is 19.5 Å². The van der Waals surface area contributed by atoms with Gasteiger partial charge in [-0.25, -0.2) is 9.59 Å². The molecule has 5 N–H and O–H groups in total. The summed E-state index contributed by atoms with van der Waals surface area (Å²) >= 11 is 0. The lowest BCUT2D eigenvalue weighted by atomic mass is 10.1. The van der Waals surface area contributed by atoms with E-state index < -0.39 is 23.9 Å². The summed E-state index contributed by atoms with van der Waals surface area (Å²) in [4.78, 5) is 33.5. The molecule has 3 amide bonds. The van der Waals surface area contributed by atoms with E-state index in [-0.39, 0.29) is 12.8 Å². The fourth-order valence-corrected chi connectivity index (χ4v) is 1.76. The summed E-state index contributed by atoms with van der Waals surface area (Å²) in [6, 6.07) is -1.85. The van der Waals surface area contributed by atoms with Crippen LogP contribution in [0.25, 0.3) is 0 Å². The van der Waals surface area contributed by atoms with Crippen molar-refractivity contribution in [1.82, 2.24) is 15.1 Å². The maximum absolute atomic E-state index is 11.8. The number of primary amides is 1. The zero-order valence-corrected chi connectivity index (χ0v) is 11.9. The van der Waals surface area contributed by atoms with E-state index in [2.05, 4.69) is 15.7 Å². The minimum Gasteiger partial charge on any atom is -0.480 e. The highest BCUT2D eigenvalue weighted by Crippen LogP contribution is 2.13. The Labute approximate surface area is 121 Å². The molecule has 0 unspecified atom stereocenters. The number of aromatic nitrogens is 2. The molecule has 0 aliphatic rings. The van der Waals surface area contributed by atoms with Crippen molar-refractivity contribution in [1.29, 1.82) is 0 Å². The molecule has 1 rings (SSSR count). The molecule has 0 aliphatic carbocycles. The van der Waals surface area contributed by atoms with Crippen LogP contribution in [0.5, 0.6) is 0 Å². The molecule has 0 aliphatic heterocycles. The molecule has 21 heavy (non-hydrogen) atoms. The van der Waals surface area contributed by atoms with Gasteiger partial charge in [-0.05, 0) is 12.8 Å². The second-order valence-corrected chi connectivity index (χ2v) is 4.51. The predicted octanol–water partition coefficient (Wildman–Crippen LogP) is -0.177. The van der Waals surface area contributed by atoms with E-state index in [1.165, 1.54) is 0 Å². The van der Waals surface area contributed by atoms with Crippen LogP contribution in [-0.2, 0) is 23.1 Å². The molecule has 0 saturated carbocycles. The van der Waals surface area contributed by atoms with Crippen LogP contribution in [0.4, 0.5) is 10.5 Å². The van der Waals surface area contributed by atoms with E-state index in [9.17, 15) is 14.4 Å². The Bertz CT molecular complexity index is 540. The minimum atomic E-state index is -1.23. The Balaban J connectivity index is 2.65. The first-order chi connectivity index (χ1) is 9.83. The van der Waals surface area contributed by atoms with Crippen LogP contribution >= 0.6 is 0 Å². The average Bonchev–Trinajstić information content (AvgIpc) is 2.73. The Morgan fingerprint density at radius 2 is 2.14 bits per heavy atom. The number of anilines is 1. The molecule has 0 aromatic carbocycles. The summed E-state index contributed by atoms with van der Waals surface area (Å²) < 4.78 is 1.55. The van der Waals surface area contributed by atoms with Crippen LogP contribution in [0.3, 0.4) is 0 Å². The number of nitrogens with zero attached hydrogens (tertiary/aromatic N) is 2. The van der Waals surface area contributed by atoms with Crippen LogP contribution in [-0.4, -0.2) is 38.8 Å². The number of carboxylic acid groups (broad SMARTS) is 1. The van der Waals surface area contributed by atoms with Gasteiger partial charge in [-0.2, -0.15) is 5.10 Å². The Kier molecular flexibility index (Phi) is 5.70. The lowest BCUT2D eigenvalue weighted by molar-refractivity contribution is -0.139. The molecule has 116 valence electrons. The third-order valence-corrected chi connectivity index (χ3v) is 2.77. The summed E-state index contributed by atoms with van der Waals surface area (Å²) in [5, 5.41) is 18.0. The molecule has 1 atom stereocenters. The van der Waals surface area contributed by atoms with Crippen LogP contribution in [0.2, 0.25) is 0 Å². The quantitative estimate of drug-likeness (QED) is 0.553. The second-order valence-electron chi connectivity index (χ2n) is 4.51. The highest BCUT2D eigenvalue weighted by molar-refractivity contribution is 5.92. The van der Waals surface area contributed by atoms with Crippen molar-refractivity contribution in [3.8, 4) is 0 Å². The number of aryl methyl sites for hydroxylation is 2. The van der Waals surface area contributed by atoms with E-state index in [1.807, 2.05) is 6.92 Å². The lowest BCUT2D eigenvalue weighted by Crippen LogP contribution is -2.43. The molecular weight excluding hydrogens is 278 g/mol. The summed E-state index contributed by atoms with van der Waals surface area (Å²) in [6.45, 7) is 1.89. The minimum absolute atomic E-state index is 0.0637. The molecule has 9 heteroatoms. The van der Waals surface area contributed by atoms with Gasteiger partial charge in [0.25, 0.3) is 0 Å². The number of aliphatic carboxylic acids is 1. The van der Waals surface area contributed by atoms with E-state index in [4.69, 9.17) is 10.8 Å². The Morgan fingerprint density at radius 3 is 2.67 bits per heavy atom. The van der Waals surface area contributed by atoms with Crippen LogP contribution in [0.1, 0.15) is 25.5 Å². The molecule has 1 aromatic rings. The summed E-state index contributed by atoms with van der Waals surface area (Å²) in [5.74, 6) is -1.85. The van der Waals surface area contributed by atoms with E-state index in [0.717, 1.165) is 0 Å². The van der Waals surface area contributed by atoms with Gasteiger partial charge >= 0.3 is 12.0 Å². The van der Waals surface area contributed by atoms with E-state index in [0.29, 0.717) is 17.8 Å². The van der Waals surface area contributed by atoms with Crippen molar-refractivity contribution >= 4 is 23.6 Å². The molecule has 9 nitrogen and oxygen atoms in total. The van der Waals surface area contributed by atoms with Crippen LogP contribution in [0, 0.1) is 0 Å². The van der Waals surface area contributed by atoms with Crippen molar-refractivity contribution in [3.63, 3.8) is 0 Å². The number of hydrogen-bond donors (Lipinski definition) is 4. The highest BCUT2D eigenvalue weighted by atomic mass is 16.4. The number of carbonyl (C=O) groups excluding carboxylic acids is 2. The Hall–Kier alpha value is -2.58. The fraction of sp³-hybridized carbons (Fsp3) is 0.500. The van der Waals surface area contributed by atoms with Crippen molar-refractivity contribution in [2.45, 2.75) is 32.2 Å². The molecule has 0 radical (unpaired) electrons. The molecule has 1 aromatic heterocycles. The van der Waals surface area contributed by atoms with Crippen molar-refractivity contribution in [2.24, 2.45) is 12.8 Å². The van der Waals surface area contributed by atoms with Crippen molar-refractivity contribution in [2.75, 3.05) is 5.32 Å². The molecule has 0 bridgehead atoms. The van der Waals surface area contributed by atoms with Gasteiger partial charge in [0.15, 0.2) is 0 Å². The van der Waals surface area contributed by atoms with Gasteiger partial charge in [0.1, 0.15) is 6.04 Å². The number of urea groups is 1. The molecule has 0 saturated heterocycles. The number of hydrogen-bond acceptors (Lipinski definition) is 4. The normalized spacial score (nSPS) is 11.7. The van der Waals surface area contributed by atoms with Crippen molar-refractivity contribution in [3.05, 3.63) is 11.9 Å². The number of nitrogens with one attached hydrogen (secondary N) is 2. The third kappa shape index (κ3) is 5.13. The highest BCUT2D eigenvalue weighted by Gasteiger charge is 2.21. The maximum Gasteiger partial charge on any atom is 0.326 e. The van der Waals surface area contributed by atoms with E-state index in [1.54, 1.807) is 17.9 Å². The number of amides is 3. The van der Waals surface area contributed by atoms with Gasteiger partial charge in [0.2, 0.25) is 5.91 Å². The van der Waals surface area contributed by atoms with Crippen LogP contribution in [0.15, 0.2) is 6.20 Å². The molecular formula is C12H19N5O4. The SMILES string of the molecule is CCc1nn(C)cc1NC(=O)N[C@H](CCC(N)=O)C(=O)O. The summed E-state index contributed by atoms with van der Waals surface area (Å²) in [7, 11) is 1.72. The first kappa shape index (κ1) is 16.5. The summed E-state index contributed by atoms with van der Waals surface area (Å²) in [5.41, 5.74) is 6.17. The van der Waals surface area contributed by atoms with Gasteiger partial charge in [-0.1, -0.05) is 6.92 Å². The topological polar surface area (TPSA) is 139 Å². The van der Waals surface area contributed by atoms with Gasteiger partial charge in [-0.15, -0.1) is 0 Å². The van der Waals surface area contributed by atoms with Gasteiger partial charge in [0.05, 0.1) is 11.4 Å². The zero-order chi connectivity index (χ0) is 16.0. The van der Waals surface area contributed by atoms with Gasteiger partial charge < -0.3 is 21.5 Å². The number of nitrogens with two attached hydrogens (primary N) is 1. The molecule has 1 heterocycles. The maximum atomic E-state index is 11.8. The summed E-state index contributed by atoms with van der Waals surface area (Å²) in [6.07, 6.45) is 2.06. The largest absolute Gasteiger partial charge is 0.480 e. The standard InChI is InChI=1S/C12H19N5O4/c1-3-7-9(6-17(2)16-7)15-12(21)14-8(11(19)20)4-5-10(13)18/h6,8H,3-5H2,1-2H3,(H2,13,18)(H,19,20)(H2,14,15,21)/t8-/m1/s1. The predicted molar refractivity (Wildman–Crippen MR) is 74.6 cm³/mol. The lowest BCUT2D eigenvalue weighted by Gasteiger charge is -2.14. The second kappa shape index (κ2) is 7.27. The Morgan fingerprint density at radius 1 is 1.48 bits per heavy atom. The number of rotatable bonds is 7. The average molecular weight is 297 g/mol. The number of carbonyl (C=O) groups is 3. The van der Waals surface area contributed by atoms with Gasteiger partial charge in [-0.3, -0.25) is 9.48 Å². The fourth-order valence-electron chi connectivity index (χ4n) is 1.76. The molecule has 0 fully saturated rings. The van der Waals surface area contributed by atoms with Crippen LogP contribution < -0.4 is 16.4 Å². The smallest absolute Gasteiger partial charge is 0.326 e.